The highest BCUT2D eigenvalue weighted by molar-refractivity contribution is 6.00. The molecule has 3 fully saturated rings. The Morgan fingerprint density at radius 1 is 1.13 bits per heavy atom. The number of carboxylic acids is 1. The first-order valence-corrected chi connectivity index (χ1v) is 13.8. The molecule has 0 amide bonds. The molecule has 0 aliphatic heterocycles. The van der Waals surface area contributed by atoms with Crippen LogP contribution >= 0.6 is 0 Å². The predicted octanol–water partition coefficient (Wildman–Crippen LogP) is 4.83. The number of carbonyl (C=O) groups is 4. The number of hydrogen-bond donors (Lipinski definition) is 2. The molecule has 9 atom stereocenters. The molecule has 0 radical (unpaired) electrons. The normalized spacial score (nSPS) is 43.1. The zero-order chi connectivity index (χ0) is 28.4. The molecule has 4 aliphatic rings. The molecule has 7 heteroatoms. The molecule has 0 aromatic rings. The van der Waals surface area contributed by atoms with Crippen LogP contribution in [0.25, 0.3) is 0 Å². The molecule has 0 aromatic carbocycles. The summed E-state index contributed by atoms with van der Waals surface area (Å²) in [6, 6.07) is 0. The van der Waals surface area contributed by atoms with Crippen LogP contribution in [0.4, 0.5) is 0 Å². The minimum Gasteiger partial charge on any atom is -0.478 e. The van der Waals surface area contributed by atoms with Crippen molar-refractivity contribution in [1.82, 2.24) is 0 Å². The van der Waals surface area contributed by atoms with Crippen molar-refractivity contribution in [2.24, 2.45) is 39.9 Å². The van der Waals surface area contributed by atoms with Gasteiger partial charge in [0.2, 0.25) is 0 Å². The van der Waals surface area contributed by atoms with Gasteiger partial charge in [-0.3, -0.25) is 14.4 Å². The maximum atomic E-state index is 13.9. The number of ether oxygens (including phenoxy) is 1. The summed E-state index contributed by atoms with van der Waals surface area (Å²) in [7, 11) is 0. The number of ketones is 2. The largest absolute Gasteiger partial charge is 0.478 e. The number of Topliss-reactive ketones (excluding diaryl/α,β-unsaturated/α-hetero) is 1. The van der Waals surface area contributed by atoms with Gasteiger partial charge in [0, 0.05) is 29.7 Å². The molecule has 0 unspecified atom stereocenters. The van der Waals surface area contributed by atoms with Gasteiger partial charge in [-0.15, -0.1) is 0 Å². The van der Waals surface area contributed by atoms with Gasteiger partial charge in [0.25, 0.3) is 0 Å². The van der Waals surface area contributed by atoms with Crippen LogP contribution in [0.15, 0.2) is 34.9 Å². The van der Waals surface area contributed by atoms with Crippen LogP contribution in [-0.2, 0) is 23.9 Å². The van der Waals surface area contributed by atoms with E-state index in [0.29, 0.717) is 37.7 Å². The van der Waals surface area contributed by atoms with E-state index in [-0.39, 0.29) is 29.0 Å². The molecule has 0 spiro atoms. The van der Waals surface area contributed by atoms with E-state index in [9.17, 15) is 29.4 Å². The third-order valence-electron chi connectivity index (χ3n) is 10.8. The number of aliphatic hydroxyl groups is 1. The van der Waals surface area contributed by atoms with E-state index in [1.165, 1.54) is 6.92 Å². The Labute approximate surface area is 225 Å². The zero-order valence-corrected chi connectivity index (χ0v) is 23.7. The fourth-order valence-corrected chi connectivity index (χ4v) is 8.93. The Balaban J connectivity index is 1.89. The number of allylic oxidation sites excluding steroid dienone is 4. The SMILES string of the molecule is CC(=O)O[C@H]1C[C@@]2(C)[C@@H](CC[C@H]3[C@@]4(C)C=CC(=O)[C@@H](C)[C@@H]4C(=O)[C@@H](O)[C@@]32C)/C1=C(/CCC=C(C)C)C(=O)O. The van der Waals surface area contributed by atoms with Gasteiger partial charge in [0.15, 0.2) is 11.6 Å². The molecule has 0 aromatic heterocycles. The van der Waals surface area contributed by atoms with E-state index in [1.807, 2.05) is 46.8 Å². The molecule has 2 N–H and O–H groups in total. The van der Waals surface area contributed by atoms with Crippen LogP contribution in [-0.4, -0.2) is 45.9 Å². The van der Waals surface area contributed by atoms with Crippen LogP contribution in [0.5, 0.6) is 0 Å². The van der Waals surface area contributed by atoms with E-state index < -0.39 is 52.2 Å². The Morgan fingerprint density at radius 2 is 1.79 bits per heavy atom. The third-order valence-corrected chi connectivity index (χ3v) is 10.8. The van der Waals surface area contributed by atoms with Gasteiger partial charge in [-0.1, -0.05) is 45.4 Å². The maximum Gasteiger partial charge on any atom is 0.331 e. The lowest BCUT2D eigenvalue weighted by atomic mass is 9.37. The number of fused-ring (bicyclic) bond motifs is 5. The molecule has 4 aliphatic carbocycles. The molecule has 7 nitrogen and oxygen atoms in total. The summed E-state index contributed by atoms with van der Waals surface area (Å²) in [4.78, 5) is 51.2. The van der Waals surface area contributed by atoms with Crippen molar-refractivity contribution < 1.29 is 34.1 Å². The fraction of sp³-hybridized carbons (Fsp3) is 0.677. The van der Waals surface area contributed by atoms with Crippen molar-refractivity contribution in [2.75, 3.05) is 0 Å². The standard InChI is InChI=1S/C31H42O7/c1-16(2)9-8-10-19(28(36)37)24-20-11-12-23-29(5)14-13-21(33)17(3)25(29)26(34)27(35)31(23,7)30(20,6)15-22(24)38-18(4)32/h9,13-14,17,20,22-23,25,27,35H,8,10-12,15H2,1-7H3,(H,36,37)/b24-19+/t17-,20+,22+,23+,25-,27-,29-,30+,31-/m1/s1. The minimum atomic E-state index is -1.31. The highest BCUT2D eigenvalue weighted by Gasteiger charge is 2.73. The van der Waals surface area contributed by atoms with E-state index in [4.69, 9.17) is 4.74 Å². The van der Waals surface area contributed by atoms with Gasteiger partial charge in [-0.05, 0) is 80.3 Å². The summed E-state index contributed by atoms with van der Waals surface area (Å²) >= 11 is 0. The highest BCUT2D eigenvalue weighted by atomic mass is 16.5. The summed E-state index contributed by atoms with van der Waals surface area (Å²) < 4.78 is 5.79. The summed E-state index contributed by atoms with van der Waals surface area (Å²) in [5.74, 6) is -3.42. The van der Waals surface area contributed by atoms with Crippen LogP contribution < -0.4 is 0 Å². The quantitative estimate of drug-likeness (QED) is 0.299. The van der Waals surface area contributed by atoms with Crippen LogP contribution in [0.2, 0.25) is 0 Å². The lowest BCUT2D eigenvalue weighted by molar-refractivity contribution is -0.212. The number of aliphatic hydroxyl groups excluding tert-OH is 1. The molecule has 208 valence electrons. The summed E-state index contributed by atoms with van der Waals surface area (Å²) in [6.07, 6.45) is 5.95. The fourth-order valence-electron chi connectivity index (χ4n) is 8.93. The zero-order valence-electron chi connectivity index (χ0n) is 23.7. The van der Waals surface area contributed by atoms with Crippen molar-refractivity contribution in [3.8, 4) is 0 Å². The minimum absolute atomic E-state index is 0.0972. The van der Waals surface area contributed by atoms with Crippen molar-refractivity contribution >= 4 is 23.5 Å². The molecule has 0 saturated heterocycles. The van der Waals surface area contributed by atoms with Gasteiger partial charge in [-0.25, -0.2) is 4.79 Å². The Bertz CT molecular complexity index is 1160. The Morgan fingerprint density at radius 3 is 2.37 bits per heavy atom. The first kappa shape index (κ1) is 28.5. The molecule has 4 rings (SSSR count). The van der Waals surface area contributed by atoms with Gasteiger partial charge in [-0.2, -0.15) is 0 Å². The van der Waals surface area contributed by atoms with E-state index in [2.05, 4.69) is 0 Å². The van der Waals surface area contributed by atoms with Crippen LogP contribution in [0, 0.1) is 39.9 Å². The van der Waals surface area contributed by atoms with E-state index in [1.54, 1.807) is 13.0 Å². The molecular weight excluding hydrogens is 484 g/mol. The van der Waals surface area contributed by atoms with Gasteiger partial charge < -0.3 is 14.9 Å². The van der Waals surface area contributed by atoms with Gasteiger partial charge in [0.1, 0.15) is 12.2 Å². The number of rotatable bonds is 5. The average molecular weight is 527 g/mol. The first-order chi connectivity index (χ1) is 17.6. The number of carboxylic acid groups (broad SMARTS) is 1. The molecule has 38 heavy (non-hydrogen) atoms. The lowest BCUT2D eigenvalue weighted by Gasteiger charge is -2.66. The number of hydrogen-bond acceptors (Lipinski definition) is 6. The molecule has 3 saturated carbocycles. The monoisotopic (exact) mass is 526 g/mol. The average Bonchev–Trinajstić information content (AvgIpc) is 3.09. The molecule has 0 bridgehead atoms. The number of esters is 1. The highest BCUT2D eigenvalue weighted by Crippen LogP contribution is 2.73. The van der Waals surface area contributed by atoms with Gasteiger partial charge in [0.05, 0.1) is 0 Å². The topological polar surface area (TPSA) is 118 Å². The van der Waals surface area contributed by atoms with Crippen LogP contribution in [0.3, 0.4) is 0 Å². The number of carbonyl (C=O) groups excluding carboxylic acids is 3. The third kappa shape index (κ3) is 3.95. The van der Waals surface area contributed by atoms with Crippen molar-refractivity contribution in [3.63, 3.8) is 0 Å². The first-order valence-electron chi connectivity index (χ1n) is 13.8. The van der Waals surface area contributed by atoms with Crippen molar-refractivity contribution in [2.45, 2.75) is 92.8 Å². The second-order valence-corrected chi connectivity index (χ2v) is 12.9. The van der Waals surface area contributed by atoms with Gasteiger partial charge >= 0.3 is 11.9 Å². The van der Waals surface area contributed by atoms with Crippen molar-refractivity contribution in [1.29, 1.82) is 0 Å². The van der Waals surface area contributed by atoms with E-state index >= 15 is 0 Å². The second kappa shape index (κ2) is 9.58. The van der Waals surface area contributed by atoms with Crippen molar-refractivity contribution in [3.05, 3.63) is 34.9 Å². The maximum absolute atomic E-state index is 13.9. The smallest absolute Gasteiger partial charge is 0.331 e. The molecule has 0 heterocycles. The number of aliphatic carboxylic acids is 1. The van der Waals surface area contributed by atoms with E-state index in [0.717, 1.165) is 5.57 Å². The van der Waals surface area contributed by atoms with Crippen LogP contribution in [0.1, 0.15) is 80.6 Å². The summed E-state index contributed by atoms with van der Waals surface area (Å²) in [5.41, 5.74) is -0.236. The lowest BCUT2D eigenvalue weighted by Crippen LogP contribution is -2.69. The predicted molar refractivity (Wildman–Crippen MR) is 142 cm³/mol. The molecular formula is C31H42O7. The Hall–Kier alpha value is -2.54. The summed E-state index contributed by atoms with van der Waals surface area (Å²) in [6.45, 7) is 13.1. The second-order valence-electron chi connectivity index (χ2n) is 12.9. The summed E-state index contributed by atoms with van der Waals surface area (Å²) in [5, 5.41) is 22.1. The Kier molecular flexibility index (Phi) is 7.18.